The van der Waals surface area contributed by atoms with Gasteiger partial charge in [0.1, 0.15) is 10.7 Å². The number of amides is 1. The number of carbonyl (C=O) groups is 1. The maximum atomic E-state index is 14.1. The summed E-state index contributed by atoms with van der Waals surface area (Å²) < 4.78 is 21.0. The average molecular weight is 347 g/mol. The van der Waals surface area contributed by atoms with Crippen LogP contribution in [0.5, 0.6) is 0 Å². The molecule has 3 aromatic rings. The molecule has 0 aliphatic heterocycles. The molecule has 1 aromatic carbocycles. The Kier molecular flexibility index (Phi) is 4.09. The van der Waals surface area contributed by atoms with E-state index in [0.29, 0.717) is 10.2 Å². The van der Waals surface area contributed by atoms with Crippen LogP contribution in [0.25, 0.3) is 10.2 Å². The van der Waals surface area contributed by atoms with Gasteiger partial charge in [-0.2, -0.15) is 4.99 Å². The fourth-order valence-electron chi connectivity index (χ4n) is 2.15. The van der Waals surface area contributed by atoms with E-state index >= 15 is 0 Å². The summed E-state index contributed by atoms with van der Waals surface area (Å²) in [6.07, 6.45) is 1.56. The number of aromatic nitrogens is 1. The van der Waals surface area contributed by atoms with Crippen molar-refractivity contribution in [3.63, 3.8) is 0 Å². The second-order valence-electron chi connectivity index (χ2n) is 4.68. The van der Waals surface area contributed by atoms with E-state index in [1.54, 1.807) is 18.2 Å². The Bertz CT molecular complexity index is 1030. The van der Waals surface area contributed by atoms with Gasteiger partial charge in [-0.05, 0) is 18.2 Å². The zero-order chi connectivity index (χ0) is 17.3. The highest BCUT2D eigenvalue weighted by atomic mass is 32.1. The van der Waals surface area contributed by atoms with Gasteiger partial charge in [0.2, 0.25) is 5.76 Å². The van der Waals surface area contributed by atoms with Gasteiger partial charge in [-0.25, -0.2) is 4.39 Å². The van der Waals surface area contributed by atoms with Crippen molar-refractivity contribution in [2.75, 3.05) is 0 Å². The topological polar surface area (TPSA) is 90.6 Å². The number of nitrogens with zero attached hydrogens (tertiary/aromatic N) is 3. The van der Waals surface area contributed by atoms with Crippen LogP contribution in [-0.4, -0.2) is 15.4 Å². The number of benzene rings is 1. The van der Waals surface area contributed by atoms with Crippen LogP contribution in [0, 0.1) is 15.9 Å². The molecule has 0 atom stereocenters. The number of thiazole rings is 1. The number of furan rings is 1. The molecule has 0 saturated heterocycles. The third-order valence-corrected chi connectivity index (χ3v) is 4.19. The van der Waals surface area contributed by atoms with Crippen molar-refractivity contribution in [2.45, 2.75) is 6.54 Å². The molecule has 3 rings (SSSR count). The molecule has 0 saturated carbocycles. The lowest BCUT2D eigenvalue weighted by atomic mass is 10.3. The first kappa shape index (κ1) is 15.8. The van der Waals surface area contributed by atoms with Crippen molar-refractivity contribution in [1.29, 1.82) is 0 Å². The largest absolute Gasteiger partial charge is 0.433 e. The predicted molar refractivity (Wildman–Crippen MR) is 85.2 cm³/mol. The Morgan fingerprint density at radius 3 is 2.92 bits per heavy atom. The number of rotatable bonds is 4. The van der Waals surface area contributed by atoms with E-state index in [0.717, 1.165) is 17.4 Å². The Morgan fingerprint density at radius 1 is 1.46 bits per heavy atom. The number of halogens is 1. The molecule has 0 aliphatic carbocycles. The third-order valence-electron chi connectivity index (χ3n) is 3.14. The first-order valence-corrected chi connectivity index (χ1v) is 7.55. The molecule has 7 nitrogen and oxygen atoms in total. The lowest BCUT2D eigenvalue weighted by molar-refractivity contribution is -0.402. The van der Waals surface area contributed by atoms with Crippen molar-refractivity contribution < 1.29 is 18.5 Å². The molecular formula is C15H10FN3O4S. The SMILES string of the molecule is C=CCn1c(=NC(=O)c2ccc([N+](=O)[O-])o2)sc2cccc(F)c21. The molecule has 0 unspecified atom stereocenters. The van der Waals surface area contributed by atoms with Crippen molar-refractivity contribution in [2.24, 2.45) is 4.99 Å². The monoisotopic (exact) mass is 347 g/mol. The third kappa shape index (κ3) is 2.76. The number of nitro groups is 1. The summed E-state index contributed by atoms with van der Waals surface area (Å²) in [5.74, 6) is -2.03. The van der Waals surface area contributed by atoms with Crippen LogP contribution in [0.15, 0.2) is 52.4 Å². The van der Waals surface area contributed by atoms with Crippen LogP contribution in [0.1, 0.15) is 10.6 Å². The van der Waals surface area contributed by atoms with Crippen LogP contribution in [0.2, 0.25) is 0 Å². The Morgan fingerprint density at radius 2 is 2.25 bits per heavy atom. The minimum atomic E-state index is -0.784. The Balaban J connectivity index is 2.13. The van der Waals surface area contributed by atoms with Crippen molar-refractivity contribution in [3.8, 4) is 0 Å². The van der Waals surface area contributed by atoms with Gasteiger partial charge in [0.15, 0.2) is 4.80 Å². The van der Waals surface area contributed by atoms with Crippen LogP contribution in [-0.2, 0) is 6.54 Å². The fourth-order valence-corrected chi connectivity index (χ4v) is 3.21. The molecule has 2 aromatic heterocycles. The summed E-state index contributed by atoms with van der Waals surface area (Å²) >= 11 is 1.13. The fraction of sp³-hybridized carbons (Fsp3) is 0.0667. The molecule has 24 heavy (non-hydrogen) atoms. The van der Waals surface area contributed by atoms with Gasteiger partial charge >= 0.3 is 11.8 Å². The van der Waals surface area contributed by atoms with Crippen LogP contribution < -0.4 is 4.80 Å². The number of carbonyl (C=O) groups excluding carboxylic acids is 1. The van der Waals surface area contributed by atoms with Crippen molar-refractivity contribution in [3.05, 3.63) is 69.5 Å². The summed E-state index contributed by atoms with van der Waals surface area (Å²) in [5.41, 5.74) is 0.319. The molecule has 0 radical (unpaired) electrons. The molecule has 0 fully saturated rings. The van der Waals surface area contributed by atoms with E-state index < -0.39 is 22.5 Å². The Hall–Kier alpha value is -3.07. The maximum absolute atomic E-state index is 14.1. The quantitative estimate of drug-likeness (QED) is 0.411. The molecular weight excluding hydrogens is 337 g/mol. The Labute approximate surface area is 138 Å². The van der Waals surface area contributed by atoms with E-state index in [9.17, 15) is 19.3 Å². The number of fused-ring (bicyclic) bond motifs is 1. The van der Waals surface area contributed by atoms with Crippen molar-refractivity contribution >= 4 is 33.3 Å². The second kappa shape index (κ2) is 6.20. The highest BCUT2D eigenvalue weighted by molar-refractivity contribution is 7.16. The number of allylic oxidation sites excluding steroid dienone is 1. The highest BCUT2D eigenvalue weighted by Gasteiger charge is 2.18. The number of para-hydroxylation sites is 1. The van der Waals surface area contributed by atoms with Gasteiger partial charge in [-0.1, -0.05) is 23.5 Å². The van der Waals surface area contributed by atoms with Gasteiger partial charge in [-0.15, -0.1) is 6.58 Å². The molecule has 0 aliphatic rings. The van der Waals surface area contributed by atoms with E-state index in [-0.39, 0.29) is 17.1 Å². The van der Waals surface area contributed by atoms with Gasteiger partial charge in [0.25, 0.3) is 0 Å². The predicted octanol–water partition coefficient (Wildman–Crippen LogP) is 3.27. The van der Waals surface area contributed by atoms with Gasteiger partial charge in [0, 0.05) is 6.54 Å². The van der Waals surface area contributed by atoms with Gasteiger partial charge in [-0.3, -0.25) is 14.9 Å². The summed E-state index contributed by atoms with van der Waals surface area (Å²) in [5, 5.41) is 10.6. The maximum Gasteiger partial charge on any atom is 0.433 e. The van der Waals surface area contributed by atoms with Crippen molar-refractivity contribution in [1.82, 2.24) is 4.57 Å². The van der Waals surface area contributed by atoms with E-state index in [4.69, 9.17) is 4.42 Å². The van der Waals surface area contributed by atoms with Crippen LogP contribution >= 0.6 is 11.3 Å². The second-order valence-corrected chi connectivity index (χ2v) is 5.69. The van der Waals surface area contributed by atoms with Crippen LogP contribution in [0.3, 0.4) is 0 Å². The summed E-state index contributed by atoms with van der Waals surface area (Å²) in [6.45, 7) is 3.87. The summed E-state index contributed by atoms with van der Waals surface area (Å²) in [6, 6.07) is 6.84. The zero-order valence-electron chi connectivity index (χ0n) is 12.1. The van der Waals surface area contributed by atoms with E-state index in [1.165, 1.54) is 16.7 Å². The minimum absolute atomic E-state index is 0.249. The average Bonchev–Trinajstić information content (AvgIpc) is 3.14. The number of hydrogen-bond acceptors (Lipinski definition) is 5. The molecule has 9 heteroatoms. The van der Waals surface area contributed by atoms with E-state index in [1.807, 2.05) is 0 Å². The van der Waals surface area contributed by atoms with Gasteiger partial charge in [0.05, 0.1) is 16.3 Å². The molecule has 0 spiro atoms. The molecule has 0 N–H and O–H groups in total. The molecule has 1 amide bonds. The first-order valence-electron chi connectivity index (χ1n) is 6.73. The molecule has 2 heterocycles. The van der Waals surface area contributed by atoms with Crippen LogP contribution in [0.4, 0.5) is 10.3 Å². The molecule has 0 bridgehead atoms. The first-order chi connectivity index (χ1) is 11.5. The normalized spacial score (nSPS) is 11.8. The standard InChI is InChI=1S/C15H10FN3O4S/c1-2-8-18-13-9(16)4-3-5-11(13)24-15(18)17-14(20)10-6-7-12(23-10)19(21)22/h2-7H,1,8H2. The summed E-state index contributed by atoms with van der Waals surface area (Å²) in [7, 11) is 0. The lowest BCUT2D eigenvalue weighted by Crippen LogP contribution is -2.16. The molecule has 122 valence electrons. The zero-order valence-corrected chi connectivity index (χ0v) is 13.0. The highest BCUT2D eigenvalue weighted by Crippen LogP contribution is 2.21. The number of hydrogen-bond donors (Lipinski definition) is 0. The lowest BCUT2D eigenvalue weighted by Gasteiger charge is -2.01. The smallest absolute Gasteiger partial charge is 0.395 e. The minimum Gasteiger partial charge on any atom is -0.395 e. The summed E-state index contributed by atoms with van der Waals surface area (Å²) in [4.78, 5) is 26.2. The van der Waals surface area contributed by atoms with Gasteiger partial charge < -0.3 is 8.98 Å². The van der Waals surface area contributed by atoms with E-state index in [2.05, 4.69) is 11.6 Å².